The third-order valence-electron chi connectivity index (χ3n) is 12.0. The van der Waals surface area contributed by atoms with Crippen molar-refractivity contribution in [2.75, 3.05) is 0 Å². The molecule has 0 saturated carbocycles. The molecule has 16 heteroatoms. The summed E-state index contributed by atoms with van der Waals surface area (Å²) in [7, 11) is 0. The number of hydrogen-bond acceptors (Lipinski definition) is 16. The number of fused-ring (bicyclic) bond motifs is 2. The summed E-state index contributed by atoms with van der Waals surface area (Å²) in [4.78, 5) is 12.6. The molecule has 3 aliphatic rings. The molecule has 3 rings (SSSR count). The number of carbonyl (C=O) groups is 1. The minimum atomic E-state index is -2.03. The molecule has 358 valence electrons. The molecule has 3 heterocycles. The largest absolute Gasteiger partial charge is 0.462 e. The van der Waals surface area contributed by atoms with Crippen LogP contribution in [-0.2, 0) is 23.7 Å². The topological polar surface area (TPSA) is 282 Å². The summed E-state index contributed by atoms with van der Waals surface area (Å²) < 4.78 is 23.6. The van der Waals surface area contributed by atoms with Crippen LogP contribution in [0.1, 0.15) is 86.0 Å². The highest BCUT2D eigenvalue weighted by Gasteiger charge is 2.47. The molecule has 16 nitrogen and oxygen atoms in total. The number of nitrogens with two attached hydrogens (primary N) is 1. The van der Waals surface area contributed by atoms with E-state index in [0.29, 0.717) is 0 Å². The standard InChI is InChI=1S/C47H75NO15/c1-28-18-16-14-12-10-8-6-7-9-11-13-15-17-19-38(62-46-45(58)42(48)44(57)32(5)61-46)25-40-30(3)39(54)27-47(59,63-40)26-37(53)23-35(51)21-33(49)20-34(50)22-36(52)24-41(55)60-31(4)29(2)43(28)56/h6-19,28-40,42-46,49-54,56-59H,20-27,48H2,1-5H3/t28-,29-,30+,31-,32?,33-,34+,35?,36+,37-,38-,39-,40?,42?,43+,44?,45?,46?,47+/m0/s1. The Morgan fingerprint density at radius 2 is 1.08 bits per heavy atom. The molecule has 0 amide bonds. The van der Waals surface area contributed by atoms with Gasteiger partial charge in [0.25, 0.3) is 0 Å². The van der Waals surface area contributed by atoms with E-state index in [1.807, 2.05) is 67.7 Å². The first kappa shape index (κ1) is 54.4. The van der Waals surface area contributed by atoms with Gasteiger partial charge >= 0.3 is 5.97 Å². The summed E-state index contributed by atoms with van der Waals surface area (Å²) in [6.45, 7) is 8.60. The lowest BCUT2D eigenvalue weighted by molar-refractivity contribution is -0.308. The molecule has 0 aromatic rings. The van der Waals surface area contributed by atoms with E-state index in [2.05, 4.69) is 0 Å². The molecular weight excluding hydrogens is 819 g/mol. The van der Waals surface area contributed by atoms with Gasteiger partial charge in [0.05, 0.1) is 79.6 Å². The molecule has 0 aliphatic carbocycles. The first-order chi connectivity index (χ1) is 29.7. The van der Waals surface area contributed by atoms with Crippen molar-refractivity contribution in [3.63, 3.8) is 0 Å². The Hall–Kier alpha value is -2.91. The van der Waals surface area contributed by atoms with Gasteiger partial charge in [-0.2, -0.15) is 0 Å². The van der Waals surface area contributed by atoms with Crippen LogP contribution in [0.2, 0.25) is 0 Å². The third-order valence-corrected chi connectivity index (χ3v) is 12.0. The second kappa shape index (κ2) is 26.9. The molecule has 0 aromatic carbocycles. The van der Waals surface area contributed by atoms with E-state index < -0.39 is 128 Å². The maximum atomic E-state index is 12.6. The predicted molar refractivity (Wildman–Crippen MR) is 235 cm³/mol. The average Bonchev–Trinajstić information content (AvgIpc) is 3.19. The fourth-order valence-electron chi connectivity index (χ4n) is 7.93. The summed E-state index contributed by atoms with van der Waals surface area (Å²) >= 11 is 0. The van der Waals surface area contributed by atoms with E-state index in [0.717, 1.165) is 0 Å². The molecule has 3 aliphatic heterocycles. The number of allylic oxidation sites excluding steroid dienone is 12. The van der Waals surface area contributed by atoms with Crippen molar-refractivity contribution in [2.24, 2.45) is 23.5 Å². The fraction of sp³-hybridized carbons (Fsp3) is 0.681. The summed E-state index contributed by atoms with van der Waals surface area (Å²) in [5, 5.41) is 108. The Bertz CT molecular complexity index is 1570. The van der Waals surface area contributed by atoms with Gasteiger partial charge in [-0.05, 0) is 39.5 Å². The highest BCUT2D eigenvalue weighted by molar-refractivity contribution is 5.70. The minimum Gasteiger partial charge on any atom is -0.462 e. The van der Waals surface area contributed by atoms with Crippen molar-refractivity contribution in [3.05, 3.63) is 85.1 Å². The molecule has 0 aromatic heterocycles. The van der Waals surface area contributed by atoms with Crippen LogP contribution in [0.25, 0.3) is 0 Å². The van der Waals surface area contributed by atoms with Gasteiger partial charge in [0.1, 0.15) is 12.2 Å². The second-order valence-corrected chi connectivity index (χ2v) is 17.6. The van der Waals surface area contributed by atoms with Crippen molar-refractivity contribution in [3.8, 4) is 0 Å². The second-order valence-electron chi connectivity index (χ2n) is 17.6. The van der Waals surface area contributed by atoms with Crippen LogP contribution in [-0.4, -0.2) is 155 Å². The number of aliphatic hydroxyl groups is 10. The van der Waals surface area contributed by atoms with E-state index in [9.17, 15) is 55.9 Å². The molecule has 12 N–H and O–H groups in total. The zero-order valence-corrected chi connectivity index (χ0v) is 37.2. The number of esters is 1. The monoisotopic (exact) mass is 894 g/mol. The van der Waals surface area contributed by atoms with Crippen LogP contribution in [0.5, 0.6) is 0 Å². The Labute approximate surface area is 372 Å². The van der Waals surface area contributed by atoms with Gasteiger partial charge in [0.15, 0.2) is 12.1 Å². The SMILES string of the molecule is CC1OC(O[C@H]2C=CC=CC=CC=CC=CC=CC=C[C@H](C)[C@@H](O)[C@@H](C)[C@H](C)OC(=O)C[C@H](O)C[C@H](O)C[C@H](O)CC(O)C[C@H](O)C[C@]3(O)C[C@H](O)[C@@H](C)C(C2)O3)C(O)C(N)C1O. The molecule has 19 atom stereocenters. The maximum Gasteiger partial charge on any atom is 0.308 e. The minimum absolute atomic E-state index is 0.0568. The molecule has 63 heavy (non-hydrogen) atoms. The summed E-state index contributed by atoms with van der Waals surface area (Å²) in [6, 6.07) is -1.05. The lowest BCUT2D eigenvalue weighted by Crippen LogP contribution is -2.61. The summed E-state index contributed by atoms with van der Waals surface area (Å²) in [6.07, 6.45) is 8.10. The first-order valence-electron chi connectivity index (χ1n) is 22.2. The summed E-state index contributed by atoms with van der Waals surface area (Å²) in [5.74, 6) is -3.95. The Morgan fingerprint density at radius 1 is 0.587 bits per heavy atom. The number of rotatable bonds is 2. The Morgan fingerprint density at radius 3 is 1.63 bits per heavy atom. The number of carbonyl (C=O) groups excluding carboxylic acids is 1. The summed E-state index contributed by atoms with van der Waals surface area (Å²) in [5.41, 5.74) is 6.06. The van der Waals surface area contributed by atoms with Crippen molar-refractivity contribution >= 4 is 5.97 Å². The van der Waals surface area contributed by atoms with Crippen LogP contribution in [0.4, 0.5) is 0 Å². The van der Waals surface area contributed by atoms with E-state index >= 15 is 0 Å². The van der Waals surface area contributed by atoms with Gasteiger partial charge in [-0.1, -0.05) is 106 Å². The highest BCUT2D eigenvalue weighted by Crippen LogP contribution is 2.37. The van der Waals surface area contributed by atoms with E-state index in [-0.39, 0.29) is 44.4 Å². The number of ether oxygens (including phenoxy) is 4. The van der Waals surface area contributed by atoms with Gasteiger partial charge in [0, 0.05) is 37.0 Å². The van der Waals surface area contributed by atoms with Gasteiger partial charge in [0.2, 0.25) is 0 Å². The van der Waals surface area contributed by atoms with Crippen LogP contribution in [0, 0.1) is 17.8 Å². The molecule has 7 unspecified atom stereocenters. The third kappa shape index (κ3) is 18.8. The zero-order chi connectivity index (χ0) is 46.9. The normalized spacial score (nSPS) is 43.1. The molecule has 2 saturated heterocycles. The Kier molecular flexibility index (Phi) is 23.2. The predicted octanol–water partition coefficient (Wildman–Crippen LogP) is 1.65. The zero-order valence-electron chi connectivity index (χ0n) is 37.2. The van der Waals surface area contributed by atoms with E-state index in [1.54, 1.807) is 52.0 Å². The van der Waals surface area contributed by atoms with Gasteiger partial charge in [-0.15, -0.1) is 0 Å². The van der Waals surface area contributed by atoms with Crippen LogP contribution in [0.3, 0.4) is 0 Å². The van der Waals surface area contributed by atoms with Crippen LogP contribution >= 0.6 is 0 Å². The lowest BCUT2D eigenvalue weighted by Gasteiger charge is -2.45. The van der Waals surface area contributed by atoms with Gasteiger partial charge < -0.3 is 75.7 Å². The molecule has 2 bridgehead atoms. The van der Waals surface area contributed by atoms with Gasteiger partial charge in [-0.25, -0.2) is 0 Å². The van der Waals surface area contributed by atoms with Crippen LogP contribution < -0.4 is 5.73 Å². The van der Waals surface area contributed by atoms with Crippen LogP contribution in [0.15, 0.2) is 85.1 Å². The number of cyclic esters (lactones) is 1. The van der Waals surface area contributed by atoms with E-state index in [1.165, 1.54) is 0 Å². The highest BCUT2D eigenvalue weighted by atomic mass is 16.7. The fourth-order valence-corrected chi connectivity index (χ4v) is 7.93. The smallest absolute Gasteiger partial charge is 0.308 e. The number of hydrogen-bond donors (Lipinski definition) is 11. The average molecular weight is 894 g/mol. The maximum absolute atomic E-state index is 12.6. The quantitative estimate of drug-likeness (QED) is 0.176. The number of aliphatic hydroxyl groups excluding tert-OH is 9. The van der Waals surface area contributed by atoms with Crippen molar-refractivity contribution in [2.45, 2.75) is 183 Å². The van der Waals surface area contributed by atoms with Crippen molar-refractivity contribution in [1.82, 2.24) is 0 Å². The van der Waals surface area contributed by atoms with E-state index in [4.69, 9.17) is 24.7 Å². The van der Waals surface area contributed by atoms with Gasteiger partial charge in [-0.3, -0.25) is 4.79 Å². The molecular formula is C47H75NO15. The molecule has 2 fully saturated rings. The first-order valence-corrected chi connectivity index (χ1v) is 22.2. The molecule has 0 spiro atoms. The van der Waals surface area contributed by atoms with Crippen molar-refractivity contribution in [1.29, 1.82) is 0 Å². The van der Waals surface area contributed by atoms with Crippen molar-refractivity contribution < 1.29 is 74.8 Å². The lowest BCUT2D eigenvalue weighted by atomic mass is 9.84. The molecule has 0 radical (unpaired) electrons. The Balaban J connectivity index is 1.81.